The molecule has 1 heterocycles. The highest BCUT2D eigenvalue weighted by Crippen LogP contribution is 2.30. The monoisotopic (exact) mass is 543 g/mol. The Kier molecular flexibility index (Phi) is 9.16. The summed E-state index contributed by atoms with van der Waals surface area (Å²) in [5, 5.41) is 2.90. The summed E-state index contributed by atoms with van der Waals surface area (Å²) in [4.78, 5) is 12.9. The maximum absolute atomic E-state index is 13.1. The molecule has 1 atom stereocenters. The summed E-state index contributed by atoms with van der Waals surface area (Å²) >= 11 is 6.16. The van der Waals surface area contributed by atoms with Gasteiger partial charge in [0.2, 0.25) is 26.0 Å². The van der Waals surface area contributed by atoms with Gasteiger partial charge < -0.3 is 10.1 Å². The summed E-state index contributed by atoms with van der Waals surface area (Å²) in [7, 11) is -7.52. The number of halogens is 1. The SMILES string of the molecule is CCOc1ccc(S(=O)(=O)N2CCCC(C(=O)NCCNS(=O)(=O)c3ccc(C)cc3)C2)cc1Cl. The van der Waals surface area contributed by atoms with Crippen LogP contribution in [0.1, 0.15) is 25.3 Å². The molecular formula is C23H30ClN3O6S2. The normalized spacial score (nSPS) is 17.2. The molecule has 0 aliphatic carbocycles. The van der Waals surface area contributed by atoms with Gasteiger partial charge in [0, 0.05) is 26.2 Å². The number of hydrogen-bond acceptors (Lipinski definition) is 6. The summed E-state index contributed by atoms with van der Waals surface area (Å²) < 4.78 is 60.0. The lowest BCUT2D eigenvalue weighted by molar-refractivity contribution is -0.126. The number of nitrogens with zero attached hydrogens (tertiary/aromatic N) is 1. The molecule has 192 valence electrons. The van der Waals surface area contributed by atoms with E-state index < -0.39 is 26.0 Å². The second-order valence-corrected chi connectivity index (χ2v) is 12.3. The number of ether oxygens (including phenoxy) is 1. The van der Waals surface area contributed by atoms with Crippen LogP contribution in [0.2, 0.25) is 5.02 Å². The number of benzene rings is 2. The number of nitrogens with one attached hydrogen (secondary N) is 2. The molecular weight excluding hydrogens is 514 g/mol. The Morgan fingerprint density at radius 3 is 2.43 bits per heavy atom. The number of piperidine rings is 1. The van der Waals surface area contributed by atoms with Crippen molar-refractivity contribution in [2.75, 3.05) is 32.8 Å². The first-order valence-corrected chi connectivity index (χ1v) is 14.6. The van der Waals surface area contributed by atoms with Crippen molar-refractivity contribution < 1.29 is 26.4 Å². The number of sulfonamides is 2. The van der Waals surface area contributed by atoms with Gasteiger partial charge in [-0.3, -0.25) is 4.79 Å². The number of rotatable bonds is 10. The smallest absolute Gasteiger partial charge is 0.243 e. The van der Waals surface area contributed by atoms with E-state index in [1.165, 1.54) is 34.6 Å². The van der Waals surface area contributed by atoms with Crippen LogP contribution in [0.25, 0.3) is 0 Å². The Bertz CT molecular complexity index is 1250. The van der Waals surface area contributed by atoms with Crippen LogP contribution in [-0.2, 0) is 24.8 Å². The molecule has 9 nitrogen and oxygen atoms in total. The Labute approximate surface area is 211 Å². The van der Waals surface area contributed by atoms with Gasteiger partial charge in [0.05, 0.1) is 27.3 Å². The summed E-state index contributed by atoms with van der Waals surface area (Å²) in [5.41, 5.74) is 0.949. The molecule has 35 heavy (non-hydrogen) atoms. The Balaban J connectivity index is 1.55. The van der Waals surface area contributed by atoms with E-state index in [2.05, 4.69) is 10.0 Å². The van der Waals surface area contributed by atoms with Gasteiger partial charge >= 0.3 is 0 Å². The predicted octanol–water partition coefficient (Wildman–Crippen LogP) is 2.54. The molecule has 0 bridgehead atoms. The summed E-state index contributed by atoms with van der Waals surface area (Å²) in [6.07, 6.45) is 1.07. The second kappa shape index (κ2) is 11.7. The van der Waals surface area contributed by atoms with Crippen LogP contribution in [0, 0.1) is 12.8 Å². The summed E-state index contributed by atoms with van der Waals surface area (Å²) in [5.74, 6) is -0.448. The standard InChI is InChI=1S/C23H30ClN3O6S2/c1-3-33-22-11-10-20(15-21(22)24)35(31,32)27-14-4-5-18(16-27)23(28)25-12-13-26-34(29,30)19-8-6-17(2)7-9-19/h6-11,15,18,26H,3-5,12-14,16H2,1-2H3,(H,25,28). The van der Waals surface area contributed by atoms with E-state index in [4.69, 9.17) is 16.3 Å². The minimum Gasteiger partial charge on any atom is -0.492 e. The minimum atomic E-state index is -3.84. The average Bonchev–Trinajstić information content (AvgIpc) is 2.83. The lowest BCUT2D eigenvalue weighted by Gasteiger charge is -2.31. The van der Waals surface area contributed by atoms with E-state index in [0.717, 1.165) is 5.56 Å². The third-order valence-corrected chi connectivity index (χ3v) is 9.28. The zero-order valence-corrected chi connectivity index (χ0v) is 22.0. The zero-order chi connectivity index (χ0) is 25.6. The zero-order valence-electron chi connectivity index (χ0n) is 19.7. The minimum absolute atomic E-state index is 0.0152. The maximum atomic E-state index is 13.1. The molecule has 0 radical (unpaired) electrons. The van der Waals surface area contributed by atoms with Crippen LogP contribution in [0.5, 0.6) is 5.75 Å². The lowest BCUT2D eigenvalue weighted by Crippen LogP contribution is -2.46. The molecule has 1 aliphatic heterocycles. The van der Waals surface area contributed by atoms with Crippen molar-refractivity contribution in [3.63, 3.8) is 0 Å². The third kappa shape index (κ3) is 6.95. The fraction of sp³-hybridized carbons (Fsp3) is 0.435. The number of hydrogen-bond donors (Lipinski definition) is 2. The van der Waals surface area contributed by atoms with Crippen LogP contribution < -0.4 is 14.8 Å². The van der Waals surface area contributed by atoms with E-state index in [-0.39, 0.29) is 40.4 Å². The first-order valence-electron chi connectivity index (χ1n) is 11.3. The van der Waals surface area contributed by atoms with Crippen molar-refractivity contribution in [1.29, 1.82) is 0 Å². The number of amides is 1. The third-order valence-electron chi connectivity index (χ3n) is 5.64. The van der Waals surface area contributed by atoms with Crippen molar-refractivity contribution in [1.82, 2.24) is 14.3 Å². The fourth-order valence-corrected chi connectivity index (χ4v) is 6.64. The molecule has 2 aromatic carbocycles. The molecule has 12 heteroatoms. The van der Waals surface area contributed by atoms with Gasteiger partial charge in [-0.25, -0.2) is 21.6 Å². The van der Waals surface area contributed by atoms with Crippen molar-refractivity contribution in [3.05, 3.63) is 53.1 Å². The first-order chi connectivity index (χ1) is 16.5. The van der Waals surface area contributed by atoms with Crippen molar-refractivity contribution in [3.8, 4) is 5.75 Å². The Morgan fingerprint density at radius 1 is 1.09 bits per heavy atom. The van der Waals surface area contributed by atoms with E-state index in [0.29, 0.717) is 31.7 Å². The molecule has 2 N–H and O–H groups in total. The molecule has 0 aromatic heterocycles. The largest absolute Gasteiger partial charge is 0.492 e. The molecule has 3 rings (SSSR count). The van der Waals surface area contributed by atoms with Gasteiger partial charge in [-0.05, 0) is 57.0 Å². The van der Waals surface area contributed by atoms with Gasteiger partial charge in [-0.2, -0.15) is 4.31 Å². The Morgan fingerprint density at radius 2 is 1.77 bits per heavy atom. The molecule has 0 spiro atoms. The highest BCUT2D eigenvalue weighted by Gasteiger charge is 2.33. The van der Waals surface area contributed by atoms with Gasteiger partial charge in [0.1, 0.15) is 5.75 Å². The number of carbonyl (C=O) groups excluding carboxylic acids is 1. The molecule has 2 aromatic rings. The Hall–Kier alpha value is -2.18. The highest BCUT2D eigenvalue weighted by atomic mass is 35.5. The van der Waals surface area contributed by atoms with Gasteiger partial charge in [-0.15, -0.1) is 0 Å². The van der Waals surface area contributed by atoms with Crippen LogP contribution in [0.3, 0.4) is 0 Å². The summed E-state index contributed by atoms with van der Waals surface area (Å²) in [6.45, 7) is 4.51. The second-order valence-electron chi connectivity index (χ2n) is 8.23. The molecule has 1 aliphatic rings. The summed E-state index contributed by atoms with van der Waals surface area (Å²) in [6, 6.07) is 10.8. The van der Waals surface area contributed by atoms with E-state index >= 15 is 0 Å². The van der Waals surface area contributed by atoms with Gasteiger partial charge in [-0.1, -0.05) is 29.3 Å². The number of aryl methyl sites for hydroxylation is 1. The maximum Gasteiger partial charge on any atom is 0.243 e. The van der Waals surface area contributed by atoms with E-state index in [9.17, 15) is 21.6 Å². The average molecular weight is 544 g/mol. The van der Waals surface area contributed by atoms with E-state index in [1.54, 1.807) is 19.1 Å². The first kappa shape index (κ1) is 27.4. The van der Waals surface area contributed by atoms with Crippen molar-refractivity contribution in [2.24, 2.45) is 5.92 Å². The molecule has 1 unspecified atom stereocenters. The lowest BCUT2D eigenvalue weighted by atomic mass is 9.99. The van der Waals surface area contributed by atoms with Crippen LogP contribution in [-0.4, -0.2) is 59.8 Å². The van der Waals surface area contributed by atoms with Crippen molar-refractivity contribution in [2.45, 2.75) is 36.5 Å². The molecule has 0 saturated carbocycles. The molecule has 1 saturated heterocycles. The number of carbonyl (C=O) groups is 1. The molecule has 1 fully saturated rings. The van der Waals surface area contributed by atoms with Crippen LogP contribution in [0.4, 0.5) is 0 Å². The topological polar surface area (TPSA) is 122 Å². The van der Waals surface area contributed by atoms with Crippen molar-refractivity contribution >= 4 is 37.6 Å². The molecule has 1 amide bonds. The van der Waals surface area contributed by atoms with Gasteiger partial charge in [0.25, 0.3) is 0 Å². The van der Waals surface area contributed by atoms with E-state index in [1.807, 2.05) is 6.92 Å². The highest BCUT2D eigenvalue weighted by molar-refractivity contribution is 7.89. The predicted molar refractivity (Wildman–Crippen MR) is 133 cm³/mol. The van der Waals surface area contributed by atoms with Gasteiger partial charge in [0.15, 0.2) is 0 Å². The fourth-order valence-electron chi connectivity index (χ4n) is 3.75. The van der Waals surface area contributed by atoms with Crippen LogP contribution >= 0.6 is 11.6 Å². The quantitative estimate of drug-likeness (QED) is 0.444. The van der Waals surface area contributed by atoms with Crippen LogP contribution in [0.15, 0.2) is 52.3 Å².